The number of benzene rings is 4. The molecule has 0 radical (unpaired) electrons. The maximum atomic E-state index is 13.8. The second-order valence-electron chi connectivity index (χ2n) is 12.4. The van der Waals surface area contributed by atoms with Crippen LogP contribution in [-0.4, -0.2) is 57.8 Å². The Morgan fingerprint density at radius 2 is 1.12 bits per heavy atom. The van der Waals surface area contributed by atoms with Crippen molar-refractivity contribution in [3.8, 4) is 0 Å². The van der Waals surface area contributed by atoms with E-state index in [4.69, 9.17) is 27.9 Å². The molecule has 0 unspecified atom stereocenters. The molecule has 1 aliphatic heterocycles. The highest BCUT2D eigenvalue weighted by Gasteiger charge is 2.56. The molecule has 0 spiro atoms. The van der Waals surface area contributed by atoms with E-state index in [2.05, 4.69) is 0 Å². The first kappa shape index (κ1) is 36.2. The predicted molar refractivity (Wildman–Crippen MR) is 178 cm³/mol. The molecule has 6 rings (SSSR count). The van der Waals surface area contributed by atoms with Gasteiger partial charge in [0.25, 0.3) is 0 Å². The average Bonchev–Trinajstić information content (AvgIpc) is 3.91. The molecule has 8 nitrogen and oxygen atoms in total. The first-order valence-corrected chi connectivity index (χ1v) is 17.8. The quantitative estimate of drug-likeness (QED) is 0.0894. The van der Waals surface area contributed by atoms with Crippen molar-refractivity contribution in [2.45, 2.75) is 68.4 Å². The van der Waals surface area contributed by atoms with Crippen LogP contribution in [0.25, 0.3) is 0 Å². The Balaban J connectivity index is 1.30. The van der Waals surface area contributed by atoms with Crippen molar-refractivity contribution < 1.29 is 49.5 Å². The van der Waals surface area contributed by atoms with Gasteiger partial charge in [-0.2, -0.15) is 21.6 Å². The molecule has 0 bridgehead atoms. The highest BCUT2D eigenvalue weighted by molar-refractivity contribution is 7.87. The zero-order valence-electron chi connectivity index (χ0n) is 27.1. The molecule has 50 heavy (non-hydrogen) atoms. The lowest BCUT2D eigenvalue weighted by molar-refractivity contribution is -0.314. The SMILES string of the molecule is O=S(=O)(O[C@H]1[C@@H](OC[C@H]2C[C@@H]2c2ccccc2)O[C@H](COCc2ccccc2)[C@@H](OCc2ccccc2)[C@@H]1OCc1ccccc1)C(F)(F)F. The number of ether oxygens (including phenoxy) is 5. The van der Waals surface area contributed by atoms with Crippen LogP contribution in [0.15, 0.2) is 121 Å². The Morgan fingerprint density at radius 3 is 1.66 bits per heavy atom. The summed E-state index contributed by atoms with van der Waals surface area (Å²) in [6, 6.07) is 37.4. The monoisotopic (exact) mass is 712 g/mol. The van der Waals surface area contributed by atoms with Gasteiger partial charge in [-0.25, -0.2) is 0 Å². The smallest absolute Gasteiger partial charge is 0.374 e. The van der Waals surface area contributed by atoms with E-state index in [-0.39, 0.29) is 44.9 Å². The standard InChI is InChI=1S/C38H39F3O8S/c39-38(40,41)50(42,43)49-36-35(46-24-29-17-9-3-10-18-29)34(45-23-28-15-7-2-8-16-28)33(26-44-22-27-13-5-1-6-14-27)48-37(36)47-25-31-21-32(31)30-19-11-4-12-20-30/h1-20,31-37H,21-26H2/t31-,32-,33-,34-,35+,36-,37+/m1/s1. The summed E-state index contributed by atoms with van der Waals surface area (Å²) in [7, 11) is -6.11. The van der Waals surface area contributed by atoms with Crippen molar-refractivity contribution >= 4 is 10.1 Å². The van der Waals surface area contributed by atoms with Crippen molar-refractivity contribution in [3.63, 3.8) is 0 Å². The normalized spacial score (nSPS) is 25.3. The van der Waals surface area contributed by atoms with Crippen molar-refractivity contribution in [2.75, 3.05) is 13.2 Å². The first-order valence-electron chi connectivity index (χ1n) is 16.4. The Morgan fingerprint density at radius 1 is 0.620 bits per heavy atom. The van der Waals surface area contributed by atoms with E-state index in [9.17, 15) is 21.6 Å². The van der Waals surface area contributed by atoms with Gasteiger partial charge in [-0.15, -0.1) is 0 Å². The van der Waals surface area contributed by atoms with E-state index in [1.54, 1.807) is 24.3 Å². The summed E-state index contributed by atoms with van der Waals surface area (Å²) in [6.45, 7) is 0.200. The molecule has 0 aromatic heterocycles. The van der Waals surface area contributed by atoms with Gasteiger partial charge in [-0.1, -0.05) is 121 Å². The van der Waals surface area contributed by atoms with Crippen molar-refractivity contribution in [3.05, 3.63) is 144 Å². The molecule has 2 fully saturated rings. The van der Waals surface area contributed by atoms with Crippen molar-refractivity contribution in [1.29, 1.82) is 0 Å². The number of hydrogen-bond donors (Lipinski definition) is 0. The van der Waals surface area contributed by atoms with Crippen LogP contribution in [0, 0.1) is 5.92 Å². The molecule has 1 saturated carbocycles. The summed E-state index contributed by atoms with van der Waals surface area (Å²) >= 11 is 0. The van der Waals surface area contributed by atoms with Crippen molar-refractivity contribution in [2.24, 2.45) is 5.92 Å². The van der Waals surface area contributed by atoms with Crippen LogP contribution in [0.4, 0.5) is 13.2 Å². The fourth-order valence-corrected chi connectivity index (χ4v) is 6.60. The third-order valence-electron chi connectivity index (χ3n) is 8.70. The van der Waals surface area contributed by atoms with E-state index in [0.717, 1.165) is 23.1 Å². The molecule has 1 saturated heterocycles. The summed E-state index contributed by atoms with van der Waals surface area (Å²) < 4.78 is 103. The highest BCUT2D eigenvalue weighted by Crippen LogP contribution is 2.48. The van der Waals surface area contributed by atoms with Crippen molar-refractivity contribution in [1.82, 2.24) is 0 Å². The number of alkyl halides is 3. The molecule has 12 heteroatoms. The fraction of sp³-hybridized carbons (Fsp3) is 0.368. The van der Waals surface area contributed by atoms with E-state index in [0.29, 0.717) is 5.56 Å². The number of hydrogen-bond acceptors (Lipinski definition) is 8. The summed E-state index contributed by atoms with van der Waals surface area (Å²) in [5.41, 5.74) is -2.21. The molecule has 0 amide bonds. The third-order valence-corrected chi connectivity index (χ3v) is 9.74. The van der Waals surface area contributed by atoms with Gasteiger partial charge in [-0.3, -0.25) is 4.18 Å². The van der Waals surface area contributed by atoms with Gasteiger partial charge in [0.2, 0.25) is 0 Å². The van der Waals surface area contributed by atoms with Crippen LogP contribution in [0.5, 0.6) is 0 Å². The maximum absolute atomic E-state index is 13.8. The van der Waals surface area contributed by atoms with Gasteiger partial charge < -0.3 is 23.7 Å². The Kier molecular flexibility index (Phi) is 12.0. The molecular formula is C38H39F3O8S. The number of rotatable bonds is 16. The minimum Gasteiger partial charge on any atom is -0.374 e. The molecule has 4 aromatic carbocycles. The Labute approximate surface area is 290 Å². The maximum Gasteiger partial charge on any atom is 0.523 e. The zero-order chi connectivity index (χ0) is 35.0. The molecule has 0 N–H and O–H groups in total. The van der Waals surface area contributed by atoms with Gasteiger partial charge in [0.1, 0.15) is 18.3 Å². The zero-order valence-corrected chi connectivity index (χ0v) is 28.0. The van der Waals surface area contributed by atoms with Crippen LogP contribution >= 0.6 is 0 Å². The minimum absolute atomic E-state index is 0.0281. The van der Waals surface area contributed by atoms with E-state index >= 15 is 0 Å². The van der Waals surface area contributed by atoms with Crippen LogP contribution in [0.1, 0.15) is 34.6 Å². The average molecular weight is 713 g/mol. The molecule has 1 heterocycles. The molecule has 4 aromatic rings. The Hall–Kier alpha value is -3.62. The van der Waals surface area contributed by atoms with Crippen LogP contribution in [0.2, 0.25) is 0 Å². The summed E-state index contributed by atoms with van der Waals surface area (Å²) in [5, 5.41) is 0. The predicted octanol–water partition coefficient (Wildman–Crippen LogP) is 7.15. The highest BCUT2D eigenvalue weighted by atomic mass is 32.2. The van der Waals surface area contributed by atoms with E-state index in [1.165, 1.54) is 0 Å². The second kappa shape index (κ2) is 16.6. The molecule has 7 atom stereocenters. The molecular weight excluding hydrogens is 673 g/mol. The molecule has 266 valence electrons. The van der Waals surface area contributed by atoms with Gasteiger partial charge in [-0.05, 0) is 40.5 Å². The molecule has 1 aliphatic carbocycles. The van der Waals surface area contributed by atoms with Crippen LogP contribution in [-0.2, 0) is 57.8 Å². The van der Waals surface area contributed by atoms with Gasteiger partial charge in [0.05, 0.1) is 33.0 Å². The van der Waals surface area contributed by atoms with Crippen LogP contribution in [0.3, 0.4) is 0 Å². The van der Waals surface area contributed by atoms with E-state index in [1.807, 2.05) is 97.1 Å². The second-order valence-corrected chi connectivity index (χ2v) is 13.9. The lowest BCUT2D eigenvalue weighted by Crippen LogP contribution is -2.62. The van der Waals surface area contributed by atoms with Gasteiger partial charge in [0.15, 0.2) is 12.4 Å². The summed E-state index contributed by atoms with van der Waals surface area (Å²) in [6.07, 6.45) is -6.09. The topological polar surface area (TPSA) is 89.5 Å². The summed E-state index contributed by atoms with van der Waals surface area (Å²) in [4.78, 5) is 0. The Bertz CT molecular complexity index is 1710. The fourth-order valence-electron chi connectivity index (χ4n) is 6.00. The molecule has 2 aliphatic rings. The number of halogens is 3. The van der Waals surface area contributed by atoms with Gasteiger partial charge >= 0.3 is 15.6 Å². The summed E-state index contributed by atoms with van der Waals surface area (Å²) in [5.74, 6) is 0.236. The minimum atomic E-state index is -6.11. The lowest BCUT2D eigenvalue weighted by atomic mass is 9.98. The van der Waals surface area contributed by atoms with Gasteiger partial charge in [0, 0.05) is 0 Å². The first-order chi connectivity index (χ1) is 24.2. The lowest BCUT2D eigenvalue weighted by Gasteiger charge is -2.45. The van der Waals surface area contributed by atoms with Crippen LogP contribution < -0.4 is 0 Å². The van der Waals surface area contributed by atoms with E-state index < -0.39 is 46.3 Å². The largest absolute Gasteiger partial charge is 0.523 e. The third kappa shape index (κ3) is 9.58.